The first-order valence-electron chi connectivity index (χ1n) is 8.30. The van der Waals surface area contributed by atoms with Crippen molar-refractivity contribution in [1.82, 2.24) is 4.90 Å². The highest BCUT2D eigenvalue weighted by Crippen LogP contribution is 2.24. The van der Waals surface area contributed by atoms with Gasteiger partial charge in [0.05, 0.1) is 11.8 Å². The maximum absolute atomic E-state index is 12.3. The van der Waals surface area contributed by atoms with Gasteiger partial charge in [0.2, 0.25) is 5.91 Å². The van der Waals surface area contributed by atoms with Crippen LogP contribution in [0, 0.1) is 0 Å². The van der Waals surface area contributed by atoms with Crippen LogP contribution in [0.3, 0.4) is 0 Å². The minimum Gasteiger partial charge on any atom is -0.489 e. The molecule has 0 aromatic heterocycles. The molecule has 0 bridgehead atoms. The van der Waals surface area contributed by atoms with Gasteiger partial charge in [-0.05, 0) is 50.8 Å². The molecule has 0 spiro atoms. The van der Waals surface area contributed by atoms with Crippen molar-refractivity contribution >= 4 is 11.6 Å². The van der Waals surface area contributed by atoms with Gasteiger partial charge in [0, 0.05) is 19.5 Å². The van der Waals surface area contributed by atoms with Crippen molar-refractivity contribution in [3.8, 4) is 5.75 Å². The van der Waals surface area contributed by atoms with Gasteiger partial charge < -0.3 is 15.4 Å². The molecule has 0 unspecified atom stereocenters. The molecule has 0 radical (unpaired) electrons. The van der Waals surface area contributed by atoms with E-state index in [-0.39, 0.29) is 12.0 Å². The first-order valence-corrected chi connectivity index (χ1v) is 8.30. The number of nitrogen functional groups attached to an aromatic ring is 1. The third kappa shape index (κ3) is 5.96. The van der Waals surface area contributed by atoms with Gasteiger partial charge in [-0.25, -0.2) is 0 Å². The minimum atomic E-state index is 0.103. The van der Waals surface area contributed by atoms with Crippen LogP contribution in [0.2, 0.25) is 0 Å². The Morgan fingerprint density at radius 3 is 2.36 bits per heavy atom. The summed E-state index contributed by atoms with van der Waals surface area (Å²) in [6, 6.07) is 5.80. The predicted octanol–water partition coefficient (Wildman–Crippen LogP) is 3.64. The molecule has 0 aliphatic heterocycles. The van der Waals surface area contributed by atoms with Crippen LogP contribution in [0.15, 0.2) is 18.2 Å². The van der Waals surface area contributed by atoms with E-state index in [0.29, 0.717) is 17.9 Å². The zero-order valence-electron chi connectivity index (χ0n) is 14.4. The Morgan fingerprint density at radius 1 is 1.23 bits per heavy atom. The minimum absolute atomic E-state index is 0.103. The van der Waals surface area contributed by atoms with Crippen molar-refractivity contribution in [3.05, 3.63) is 23.8 Å². The second kappa shape index (κ2) is 9.34. The van der Waals surface area contributed by atoms with E-state index in [9.17, 15) is 4.79 Å². The van der Waals surface area contributed by atoms with E-state index in [1.165, 1.54) is 0 Å². The average molecular weight is 306 g/mol. The number of amides is 1. The third-order valence-electron chi connectivity index (χ3n) is 3.40. The molecule has 124 valence electrons. The van der Waals surface area contributed by atoms with Crippen molar-refractivity contribution in [2.45, 2.75) is 59.5 Å². The van der Waals surface area contributed by atoms with Crippen molar-refractivity contribution < 1.29 is 9.53 Å². The summed E-state index contributed by atoms with van der Waals surface area (Å²) in [5, 5.41) is 0. The molecule has 0 saturated heterocycles. The average Bonchev–Trinajstić information content (AvgIpc) is 2.46. The summed E-state index contributed by atoms with van der Waals surface area (Å²) in [6.07, 6.45) is 3.35. The van der Waals surface area contributed by atoms with Crippen LogP contribution in [-0.2, 0) is 11.2 Å². The van der Waals surface area contributed by atoms with E-state index in [4.69, 9.17) is 10.5 Å². The molecule has 4 nitrogen and oxygen atoms in total. The lowest BCUT2D eigenvalue weighted by molar-refractivity contribution is -0.131. The molecule has 0 saturated carbocycles. The van der Waals surface area contributed by atoms with E-state index in [2.05, 4.69) is 13.8 Å². The number of ether oxygens (including phenoxy) is 1. The van der Waals surface area contributed by atoms with Crippen LogP contribution in [0.1, 0.15) is 52.5 Å². The number of anilines is 1. The zero-order valence-corrected chi connectivity index (χ0v) is 14.4. The number of carbonyl (C=O) groups excluding carboxylic acids is 1. The van der Waals surface area contributed by atoms with Crippen LogP contribution in [0.25, 0.3) is 0 Å². The molecule has 0 aliphatic carbocycles. The van der Waals surface area contributed by atoms with Crippen molar-refractivity contribution in [3.63, 3.8) is 0 Å². The van der Waals surface area contributed by atoms with Gasteiger partial charge in [-0.1, -0.05) is 19.9 Å². The standard InChI is InChI=1S/C18H30N2O2/c1-5-11-20(12-6-2)18(21)10-8-15-7-9-17(16(19)13-15)22-14(3)4/h7,9,13-14H,5-6,8,10-12,19H2,1-4H3. The van der Waals surface area contributed by atoms with Crippen LogP contribution in [-0.4, -0.2) is 30.0 Å². The van der Waals surface area contributed by atoms with E-state index in [0.717, 1.165) is 37.9 Å². The van der Waals surface area contributed by atoms with Crippen LogP contribution in [0.5, 0.6) is 5.75 Å². The number of rotatable bonds is 9. The topological polar surface area (TPSA) is 55.6 Å². The van der Waals surface area contributed by atoms with Gasteiger partial charge >= 0.3 is 0 Å². The molecule has 1 rings (SSSR count). The van der Waals surface area contributed by atoms with E-state index in [1.807, 2.05) is 36.9 Å². The molecular formula is C18H30N2O2. The highest BCUT2D eigenvalue weighted by molar-refractivity contribution is 5.76. The number of nitrogens with zero attached hydrogens (tertiary/aromatic N) is 1. The third-order valence-corrected chi connectivity index (χ3v) is 3.40. The van der Waals surface area contributed by atoms with Gasteiger partial charge in [-0.2, -0.15) is 0 Å². The summed E-state index contributed by atoms with van der Waals surface area (Å²) < 4.78 is 5.63. The van der Waals surface area contributed by atoms with Gasteiger partial charge in [-0.3, -0.25) is 4.79 Å². The summed E-state index contributed by atoms with van der Waals surface area (Å²) in [6.45, 7) is 9.84. The molecule has 0 heterocycles. The van der Waals surface area contributed by atoms with Crippen molar-refractivity contribution in [2.75, 3.05) is 18.8 Å². The first kappa shape index (κ1) is 18.3. The van der Waals surface area contributed by atoms with Gasteiger partial charge in [-0.15, -0.1) is 0 Å². The molecule has 2 N–H and O–H groups in total. The quantitative estimate of drug-likeness (QED) is 0.709. The second-order valence-electron chi connectivity index (χ2n) is 5.92. The Balaban J connectivity index is 2.60. The Bertz CT molecular complexity index is 466. The molecule has 1 aromatic carbocycles. The van der Waals surface area contributed by atoms with E-state index in [1.54, 1.807) is 0 Å². The number of carbonyl (C=O) groups is 1. The monoisotopic (exact) mass is 306 g/mol. The lowest BCUT2D eigenvalue weighted by Crippen LogP contribution is -2.32. The normalized spacial score (nSPS) is 10.8. The van der Waals surface area contributed by atoms with Gasteiger partial charge in [0.25, 0.3) is 0 Å². The maximum Gasteiger partial charge on any atom is 0.222 e. The number of nitrogens with two attached hydrogens (primary N) is 1. The predicted molar refractivity (Wildman–Crippen MR) is 92.1 cm³/mol. The summed E-state index contributed by atoms with van der Waals surface area (Å²) in [5.74, 6) is 0.938. The Kier molecular flexibility index (Phi) is 7.78. The summed E-state index contributed by atoms with van der Waals surface area (Å²) in [7, 11) is 0. The lowest BCUT2D eigenvalue weighted by Gasteiger charge is -2.21. The van der Waals surface area contributed by atoms with E-state index < -0.39 is 0 Å². The fraction of sp³-hybridized carbons (Fsp3) is 0.611. The molecule has 1 aromatic rings. The number of hydrogen-bond donors (Lipinski definition) is 1. The largest absolute Gasteiger partial charge is 0.489 e. The second-order valence-corrected chi connectivity index (χ2v) is 5.92. The van der Waals surface area contributed by atoms with Gasteiger partial charge in [0.1, 0.15) is 5.75 Å². The lowest BCUT2D eigenvalue weighted by atomic mass is 10.1. The molecule has 1 amide bonds. The summed E-state index contributed by atoms with van der Waals surface area (Å²) in [5.41, 5.74) is 7.73. The number of aryl methyl sites for hydroxylation is 1. The Morgan fingerprint density at radius 2 is 1.86 bits per heavy atom. The number of benzene rings is 1. The molecule has 0 atom stereocenters. The fourth-order valence-corrected chi connectivity index (χ4v) is 2.43. The van der Waals surface area contributed by atoms with Crippen molar-refractivity contribution in [1.29, 1.82) is 0 Å². The van der Waals surface area contributed by atoms with Gasteiger partial charge in [0.15, 0.2) is 0 Å². The SMILES string of the molecule is CCCN(CCC)C(=O)CCc1ccc(OC(C)C)c(N)c1. The molecule has 0 aliphatic rings. The number of hydrogen-bond acceptors (Lipinski definition) is 3. The van der Waals surface area contributed by atoms with Crippen LogP contribution in [0.4, 0.5) is 5.69 Å². The fourth-order valence-electron chi connectivity index (χ4n) is 2.43. The first-order chi connectivity index (χ1) is 10.5. The Hall–Kier alpha value is -1.71. The highest BCUT2D eigenvalue weighted by Gasteiger charge is 2.12. The molecular weight excluding hydrogens is 276 g/mol. The van der Waals surface area contributed by atoms with Crippen LogP contribution < -0.4 is 10.5 Å². The Labute approximate surface area is 134 Å². The highest BCUT2D eigenvalue weighted by atomic mass is 16.5. The smallest absolute Gasteiger partial charge is 0.222 e. The van der Waals surface area contributed by atoms with E-state index >= 15 is 0 Å². The summed E-state index contributed by atoms with van der Waals surface area (Å²) in [4.78, 5) is 14.2. The van der Waals surface area contributed by atoms with Crippen LogP contribution >= 0.6 is 0 Å². The molecule has 4 heteroatoms. The molecule has 22 heavy (non-hydrogen) atoms. The van der Waals surface area contributed by atoms with Crippen molar-refractivity contribution in [2.24, 2.45) is 0 Å². The zero-order chi connectivity index (χ0) is 16.5. The maximum atomic E-state index is 12.3. The summed E-state index contributed by atoms with van der Waals surface area (Å²) >= 11 is 0. The molecule has 0 fully saturated rings.